The van der Waals surface area contributed by atoms with Crippen molar-refractivity contribution in [3.05, 3.63) is 34.9 Å². The number of aryl methyl sites for hydroxylation is 2. The Hall–Kier alpha value is -3.10. The standard InChI is InChI=1S/C27H41N3O6/c1-15(2)22(29-26(34)36-27(6,7)8)25(33)30(20-13-18(20)5)23(24(32)28-14-21(31)35-9)19-12-16(3)10-11-17(19)4/h10-12,15,18,20,22-23H,13-14H2,1-9H3,(H,28,32)(H,29,34). The lowest BCUT2D eigenvalue weighted by molar-refractivity contribution is -0.146. The molecule has 2 N–H and O–H groups in total. The quantitative estimate of drug-likeness (QED) is 0.499. The SMILES string of the molecule is COC(=O)CNC(=O)C(c1cc(C)ccc1C)N(C(=O)C(NC(=O)OC(C)(C)C)C(C)C)C1CC1C. The van der Waals surface area contributed by atoms with Crippen LogP contribution in [0.2, 0.25) is 0 Å². The van der Waals surface area contributed by atoms with E-state index in [9.17, 15) is 19.2 Å². The van der Waals surface area contributed by atoms with Crippen molar-refractivity contribution < 1.29 is 28.7 Å². The van der Waals surface area contributed by atoms with Crippen LogP contribution in [0.4, 0.5) is 4.79 Å². The number of esters is 1. The Morgan fingerprint density at radius 3 is 2.25 bits per heavy atom. The van der Waals surface area contributed by atoms with Crippen molar-refractivity contribution in [2.45, 2.75) is 85.5 Å². The fourth-order valence-corrected chi connectivity index (χ4v) is 4.08. The van der Waals surface area contributed by atoms with Gasteiger partial charge in [-0.25, -0.2) is 4.79 Å². The van der Waals surface area contributed by atoms with E-state index in [2.05, 4.69) is 15.4 Å². The zero-order valence-corrected chi connectivity index (χ0v) is 22.9. The molecule has 9 nitrogen and oxygen atoms in total. The van der Waals surface area contributed by atoms with Crippen LogP contribution in [0.25, 0.3) is 0 Å². The molecule has 4 unspecified atom stereocenters. The van der Waals surface area contributed by atoms with E-state index in [0.717, 1.165) is 17.5 Å². The van der Waals surface area contributed by atoms with Crippen LogP contribution in [0.3, 0.4) is 0 Å². The van der Waals surface area contributed by atoms with E-state index in [1.807, 2.05) is 52.8 Å². The van der Waals surface area contributed by atoms with Gasteiger partial charge in [-0.15, -0.1) is 0 Å². The fraction of sp³-hybridized carbons (Fsp3) is 0.630. The van der Waals surface area contributed by atoms with Crippen molar-refractivity contribution in [2.75, 3.05) is 13.7 Å². The number of alkyl carbamates (subject to hydrolysis) is 1. The Bertz CT molecular complexity index is 984. The minimum Gasteiger partial charge on any atom is -0.468 e. The average molecular weight is 504 g/mol. The number of carbonyl (C=O) groups is 4. The molecule has 1 aromatic carbocycles. The van der Waals surface area contributed by atoms with Gasteiger partial charge in [0.15, 0.2) is 0 Å². The summed E-state index contributed by atoms with van der Waals surface area (Å²) in [4.78, 5) is 53.6. The minimum absolute atomic E-state index is 0.185. The summed E-state index contributed by atoms with van der Waals surface area (Å²) in [5.74, 6) is -1.53. The number of methoxy groups -OCH3 is 1. The van der Waals surface area contributed by atoms with Gasteiger partial charge in [0.05, 0.1) is 7.11 Å². The molecular formula is C27H41N3O6. The van der Waals surface area contributed by atoms with Crippen molar-refractivity contribution in [2.24, 2.45) is 11.8 Å². The van der Waals surface area contributed by atoms with Crippen LogP contribution in [-0.2, 0) is 23.9 Å². The first-order valence-corrected chi connectivity index (χ1v) is 12.4. The second-order valence-corrected chi connectivity index (χ2v) is 11.0. The molecule has 200 valence electrons. The molecule has 0 aliphatic heterocycles. The zero-order valence-electron chi connectivity index (χ0n) is 22.9. The van der Waals surface area contributed by atoms with Crippen LogP contribution in [0.15, 0.2) is 18.2 Å². The van der Waals surface area contributed by atoms with Gasteiger partial charge in [-0.05, 0) is 64.0 Å². The second-order valence-electron chi connectivity index (χ2n) is 11.0. The number of ether oxygens (including phenoxy) is 2. The molecule has 1 fully saturated rings. The molecule has 2 rings (SSSR count). The third kappa shape index (κ3) is 7.70. The van der Waals surface area contributed by atoms with Gasteiger partial charge in [0.2, 0.25) is 11.8 Å². The molecule has 0 spiro atoms. The molecule has 4 atom stereocenters. The van der Waals surface area contributed by atoms with E-state index in [0.29, 0.717) is 5.56 Å². The smallest absolute Gasteiger partial charge is 0.408 e. The molecule has 0 aromatic heterocycles. The predicted molar refractivity (Wildman–Crippen MR) is 136 cm³/mol. The summed E-state index contributed by atoms with van der Waals surface area (Å²) >= 11 is 0. The Balaban J connectivity index is 2.52. The summed E-state index contributed by atoms with van der Waals surface area (Å²) in [5.41, 5.74) is 1.72. The van der Waals surface area contributed by atoms with E-state index in [4.69, 9.17) is 4.74 Å². The van der Waals surface area contributed by atoms with Gasteiger partial charge in [-0.3, -0.25) is 14.4 Å². The Morgan fingerprint density at radius 2 is 1.75 bits per heavy atom. The fourth-order valence-electron chi connectivity index (χ4n) is 4.08. The number of nitrogens with zero attached hydrogens (tertiary/aromatic N) is 1. The van der Waals surface area contributed by atoms with E-state index in [1.54, 1.807) is 25.7 Å². The van der Waals surface area contributed by atoms with Crippen LogP contribution in [-0.4, -0.2) is 60.1 Å². The summed E-state index contributed by atoms with van der Waals surface area (Å²) < 4.78 is 10.1. The van der Waals surface area contributed by atoms with E-state index >= 15 is 0 Å². The van der Waals surface area contributed by atoms with Gasteiger partial charge in [0.1, 0.15) is 24.2 Å². The molecule has 0 saturated heterocycles. The molecule has 1 aliphatic rings. The van der Waals surface area contributed by atoms with Crippen LogP contribution in [0.5, 0.6) is 0 Å². The highest BCUT2D eigenvalue weighted by Gasteiger charge is 2.49. The lowest BCUT2D eigenvalue weighted by Crippen LogP contribution is -2.56. The minimum atomic E-state index is -0.987. The number of rotatable bonds is 9. The maximum absolute atomic E-state index is 14.1. The Morgan fingerprint density at radius 1 is 1.14 bits per heavy atom. The van der Waals surface area contributed by atoms with E-state index < -0.39 is 35.7 Å². The number of benzene rings is 1. The number of hydrogen-bond acceptors (Lipinski definition) is 6. The molecular weight excluding hydrogens is 462 g/mol. The van der Waals surface area contributed by atoms with Gasteiger partial charge in [0, 0.05) is 6.04 Å². The number of nitrogens with one attached hydrogen (secondary N) is 2. The first-order valence-electron chi connectivity index (χ1n) is 12.4. The third-order valence-electron chi connectivity index (χ3n) is 6.17. The summed E-state index contributed by atoms with van der Waals surface area (Å²) in [5, 5.41) is 5.36. The van der Waals surface area contributed by atoms with E-state index in [1.165, 1.54) is 7.11 Å². The van der Waals surface area contributed by atoms with E-state index in [-0.39, 0.29) is 30.3 Å². The third-order valence-corrected chi connectivity index (χ3v) is 6.17. The van der Waals surface area contributed by atoms with Crippen LogP contribution < -0.4 is 10.6 Å². The van der Waals surface area contributed by atoms with Crippen LogP contribution >= 0.6 is 0 Å². The average Bonchev–Trinajstić information content (AvgIpc) is 3.49. The normalized spacial score (nSPS) is 18.6. The molecule has 1 aromatic rings. The highest BCUT2D eigenvalue weighted by atomic mass is 16.6. The predicted octanol–water partition coefficient (Wildman–Crippen LogP) is 3.42. The maximum atomic E-state index is 14.1. The molecule has 36 heavy (non-hydrogen) atoms. The molecule has 0 radical (unpaired) electrons. The molecule has 0 bridgehead atoms. The molecule has 1 saturated carbocycles. The molecule has 1 aliphatic carbocycles. The number of carbonyl (C=O) groups excluding carboxylic acids is 4. The number of hydrogen-bond donors (Lipinski definition) is 2. The molecule has 0 heterocycles. The topological polar surface area (TPSA) is 114 Å². The largest absolute Gasteiger partial charge is 0.468 e. The van der Waals surface area contributed by atoms with Crippen LogP contribution in [0, 0.1) is 25.7 Å². The first kappa shape index (κ1) is 29.1. The summed E-state index contributed by atoms with van der Waals surface area (Å²) in [6.45, 7) is 14.4. The first-order chi connectivity index (χ1) is 16.7. The van der Waals surface area contributed by atoms with Crippen molar-refractivity contribution in [3.63, 3.8) is 0 Å². The molecule has 3 amide bonds. The van der Waals surface area contributed by atoms with Gasteiger partial charge in [-0.1, -0.05) is 44.5 Å². The Labute approximate surface area is 214 Å². The second kappa shape index (κ2) is 11.8. The monoisotopic (exact) mass is 503 g/mol. The zero-order chi connectivity index (χ0) is 27.4. The summed E-state index contributed by atoms with van der Waals surface area (Å²) in [7, 11) is 1.24. The Kier molecular flexibility index (Phi) is 9.51. The van der Waals surface area contributed by atoms with Gasteiger partial charge < -0.3 is 25.0 Å². The van der Waals surface area contributed by atoms with Gasteiger partial charge in [-0.2, -0.15) is 0 Å². The molecule has 9 heteroatoms. The lowest BCUT2D eigenvalue weighted by atomic mass is 9.94. The van der Waals surface area contributed by atoms with Crippen molar-refractivity contribution in [1.29, 1.82) is 0 Å². The number of amides is 3. The van der Waals surface area contributed by atoms with Crippen molar-refractivity contribution in [3.8, 4) is 0 Å². The highest BCUT2D eigenvalue weighted by molar-refractivity contribution is 5.94. The van der Waals surface area contributed by atoms with Crippen molar-refractivity contribution in [1.82, 2.24) is 15.5 Å². The summed E-state index contributed by atoms with van der Waals surface area (Å²) in [6, 6.07) is 3.65. The van der Waals surface area contributed by atoms with Crippen molar-refractivity contribution >= 4 is 23.9 Å². The van der Waals surface area contributed by atoms with Gasteiger partial charge >= 0.3 is 12.1 Å². The lowest BCUT2D eigenvalue weighted by Gasteiger charge is -2.36. The maximum Gasteiger partial charge on any atom is 0.408 e. The van der Waals surface area contributed by atoms with Crippen LogP contribution in [0.1, 0.15) is 70.7 Å². The summed E-state index contributed by atoms with van der Waals surface area (Å²) in [6.07, 6.45) is 0.0334. The highest BCUT2D eigenvalue weighted by Crippen LogP contribution is 2.41. The van der Waals surface area contributed by atoms with Gasteiger partial charge in [0.25, 0.3) is 0 Å².